The van der Waals surface area contributed by atoms with Gasteiger partial charge in [-0.15, -0.1) is 0 Å². The highest BCUT2D eigenvalue weighted by Gasteiger charge is 2.17. The molecule has 3 rings (SSSR count). The van der Waals surface area contributed by atoms with Crippen molar-refractivity contribution < 1.29 is 14.3 Å². The Morgan fingerprint density at radius 1 is 1.13 bits per heavy atom. The standard InChI is InChI=1S/C24H30N4O3/c1-5-14-30-21-11-7-8-12-22(21)31-24-18(10-9-13-25-24)16-26-23(29)20-15-19(17(3)4)27-28(20)6-2/h7-13,15,17H,5-6,14,16H2,1-4H3,(H,26,29). The summed E-state index contributed by atoms with van der Waals surface area (Å²) in [5, 5.41) is 7.48. The van der Waals surface area contributed by atoms with Gasteiger partial charge in [-0.1, -0.05) is 39.0 Å². The first-order valence-corrected chi connectivity index (χ1v) is 10.7. The van der Waals surface area contributed by atoms with Crippen molar-refractivity contribution in [2.24, 2.45) is 0 Å². The van der Waals surface area contributed by atoms with Gasteiger partial charge in [-0.3, -0.25) is 9.48 Å². The number of hydrogen-bond donors (Lipinski definition) is 1. The average molecular weight is 423 g/mol. The molecule has 3 aromatic rings. The highest BCUT2D eigenvalue weighted by molar-refractivity contribution is 5.92. The van der Waals surface area contributed by atoms with E-state index in [0.717, 1.165) is 17.7 Å². The molecule has 7 nitrogen and oxygen atoms in total. The number of nitrogens with zero attached hydrogens (tertiary/aromatic N) is 3. The number of carbonyl (C=O) groups excluding carboxylic acids is 1. The summed E-state index contributed by atoms with van der Waals surface area (Å²) in [4.78, 5) is 17.2. The fraction of sp³-hybridized carbons (Fsp3) is 0.375. The molecule has 0 atom stereocenters. The molecule has 1 N–H and O–H groups in total. The van der Waals surface area contributed by atoms with Crippen LogP contribution in [0.5, 0.6) is 17.4 Å². The van der Waals surface area contributed by atoms with Crippen LogP contribution in [0, 0.1) is 0 Å². The predicted octanol–water partition coefficient (Wildman–Crippen LogP) is 4.93. The van der Waals surface area contributed by atoms with Crippen molar-refractivity contribution in [2.45, 2.75) is 53.1 Å². The molecule has 0 fully saturated rings. The van der Waals surface area contributed by atoms with Crippen molar-refractivity contribution >= 4 is 5.91 Å². The smallest absolute Gasteiger partial charge is 0.269 e. The first-order valence-electron chi connectivity index (χ1n) is 10.7. The summed E-state index contributed by atoms with van der Waals surface area (Å²) in [5.41, 5.74) is 2.23. The van der Waals surface area contributed by atoms with Gasteiger partial charge in [0.15, 0.2) is 11.5 Å². The molecule has 0 radical (unpaired) electrons. The van der Waals surface area contributed by atoms with Crippen molar-refractivity contribution in [1.82, 2.24) is 20.1 Å². The van der Waals surface area contributed by atoms with Gasteiger partial charge in [0.1, 0.15) is 5.69 Å². The molecule has 0 aliphatic carbocycles. The van der Waals surface area contributed by atoms with Gasteiger partial charge in [0.05, 0.1) is 12.3 Å². The fourth-order valence-corrected chi connectivity index (χ4v) is 3.03. The Bertz CT molecular complexity index is 1010. The monoisotopic (exact) mass is 422 g/mol. The topological polar surface area (TPSA) is 78.3 Å². The summed E-state index contributed by atoms with van der Waals surface area (Å²) in [6.45, 7) is 9.67. The van der Waals surface area contributed by atoms with Gasteiger partial charge < -0.3 is 14.8 Å². The molecular formula is C24H30N4O3. The molecule has 0 bridgehead atoms. The minimum Gasteiger partial charge on any atom is -0.490 e. The third-order valence-corrected chi connectivity index (χ3v) is 4.73. The van der Waals surface area contributed by atoms with Crippen LogP contribution in [-0.4, -0.2) is 27.3 Å². The molecule has 0 aliphatic heterocycles. The van der Waals surface area contributed by atoms with Crippen molar-refractivity contribution in [3.63, 3.8) is 0 Å². The quantitative estimate of drug-likeness (QED) is 0.501. The van der Waals surface area contributed by atoms with Crippen molar-refractivity contribution in [3.8, 4) is 17.4 Å². The molecule has 0 aliphatic rings. The minimum absolute atomic E-state index is 0.178. The molecular weight excluding hydrogens is 392 g/mol. The Morgan fingerprint density at radius 2 is 1.90 bits per heavy atom. The number of aryl methyl sites for hydroxylation is 1. The maximum absolute atomic E-state index is 12.8. The summed E-state index contributed by atoms with van der Waals surface area (Å²) in [5.74, 6) is 1.77. The van der Waals surface area contributed by atoms with Crippen LogP contribution in [0.4, 0.5) is 0 Å². The lowest BCUT2D eigenvalue weighted by Crippen LogP contribution is -2.26. The third-order valence-electron chi connectivity index (χ3n) is 4.73. The van der Waals surface area contributed by atoms with Crippen LogP contribution in [0.25, 0.3) is 0 Å². The molecule has 0 saturated heterocycles. The van der Waals surface area contributed by atoms with Gasteiger partial charge >= 0.3 is 0 Å². The van der Waals surface area contributed by atoms with Crippen LogP contribution < -0.4 is 14.8 Å². The van der Waals surface area contributed by atoms with Crippen LogP contribution in [-0.2, 0) is 13.1 Å². The third kappa shape index (κ3) is 5.63. The van der Waals surface area contributed by atoms with E-state index in [1.54, 1.807) is 10.9 Å². The first-order chi connectivity index (χ1) is 15.0. The Kier molecular flexibility index (Phi) is 7.65. The highest BCUT2D eigenvalue weighted by Crippen LogP contribution is 2.32. The first kappa shape index (κ1) is 22.3. The number of pyridine rings is 1. The van der Waals surface area contributed by atoms with Crippen molar-refractivity contribution in [1.29, 1.82) is 0 Å². The summed E-state index contributed by atoms with van der Waals surface area (Å²) < 4.78 is 13.5. The number of ether oxygens (including phenoxy) is 2. The maximum Gasteiger partial charge on any atom is 0.269 e. The highest BCUT2D eigenvalue weighted by atomic mass is 16.5. The van der Waals surface area contributed by atoms with E-state index in [1.165, 1.54) is 0 Å². The van der Waals surface area contributed by atoms with Crippen molar-refractivity contribution in [3.05, 3.63) is 65.6 Å². The molecule has 164 valence electrons. The fourth-order valence-electron chi connectivity index (χ4n) is 3.03. The Labute approximate surface area is 183 Å². The lowest BCUT2D eigenvalue weighted by atomic mass is 10.1. The maximum atomic E-state index is 12.8. The zero-order valence-electron chi connectivity index (χ0n) is 18.6. The van der Waals surface area contributed by atoms with Gasteiger partial charge in [0, 0.05) is 24.8 Å². The van der Waals surface area contributed by atoms with E-state index < -0.39 is 0 Å². The molecule has 7 heteroatoms. The average Bonchev–Trinajstić information content (AvgIpc) is 3.23. The van der Waals surface area contributed by atoms with Gasteiger partial charge in [0.25, 0.3) is 5.91 Å². The summed E-state index contributed by atoms with van der Waals surface area (Å²) in [6.07, 6.45) is 2.57. The Balaban J connectivity index is 1.74. The van der Waals surface area contributed by atoms with Crippen LogP contribution in [0.15, 0.2) is 48.7 Å². The molecule has 0 saturated carbocycles. The normalized spacial score (nSPS) is 10.9. The van der Waals surface area contributed by atoms with Crippen LogP contribution in [0.2, 0.25) is 0 Å². The zero-order chi connectivity index (χ0) is 22.2. The lowest BCUT2D eigenvalue weighted by molar-refractivity contribution is 0.0940. The number of benzene rings is 1. The van der Waals surface area contributed by atoms with E-state index in [1.807, 2.05) is 49.4 Å². The number of aromatic nitrogens is 3. The van der Waals surface area contributed by atoms with Crippen LogP contribution in [0.1, 0.15) is 61.8 Å². The van der Waals surface area contributed by atoms with E-state index in [4.69, 9.17) is 9.47 Å². The van der Waals surface area contributed by atoms with E-state index in [0.29, 0.717) is 36.2 Å². The minimum atomic E-state index is -0.178. The molecule has 31 heavy (non-hydrogen) atoms. The van der Waals surface area contributed by atoms with Gasteiger partial charge in [-0.2, -0.15) is 5.10 Å². The SMILES string of the molecule is CCCOc1ccccc1Oc1ncccc1CNC(=O)c1cc(C(C)C)nn1CC. The van der Waals surface area contributed by atoms with Gasteiger partial charge in [-0.25, -0.2) is 4.98 Å². The Hall–Kier alpha value is -3.35. The molecule has 0 unspecified atom stereocenters. The summed E-state index contributed by atoms with van der Waals surface area (Å²) >= 11 is 0. The van der Waals surface area contributed by atoms with Gasteiger partial charge in [0.2, 0.25) is 5.88 Å². The number of para-hydroxylation sites is 2. The number of rotatable bonds is 10. The zero-order valence-corrected chi connectivity index (χ0v) is 18.6. The number of hydrogen-bond acceptors (Lipinski definition) is 5. The van der Waals surface area contributed by atoms with Gasteiger partial charge in [-0.05, 0) is 43.5 Å². The van der Waals surface area contributed by atoms with E-state index in [2.05, 4.69) is 36.2 Å². The summed E-state index contributed by atoms with van der Waals surface area (Å²) in [7, 11) is 0. The molecule has 1 aromatic carbocycles. The van der Waals surface area contributed by atoms with Crippen LogP contribution in [0.3, 0.4) is 0 Å². The van der Waals surface area contributed by atoms with E-state index in [-0.39, 0.29) is 18.4 Å². The largest absolute Gasteiger partial charge is 0.490 e. The van der Waals surface area contributed by atoms with Crippen molar-refractivity contribution in [2.75, 3.05) is 6.61 Å². The Morgan fingerprint density at radius 3 is 2.61 bits per heavy atom. The number of amides is 1. The second-order valence-corrected chi connectivity index (χ2v) is 7.47. The molecule has 1 amide bonds. The molecule has 2 aromatic heterocycles. The number of carbonyl (C=O) groups is 1. The summed E-state index contributed by atoms with van der Waals surface area (Å²) in [6, 6.07) is 13.1. The van der Waals surface area contributed by atoms with E-state index >= 15 is 0 Å². The second-order valence-electron chi connectivity index (χ2n) is 7.47. The molecule has 2 heterocycles. The van der Waals surface area contributed by atoms with Crippen LogP contribution >= 0.6 is 0 Å². The predicted molar refractivity (Wildman–Crippen MR) is 120 cm³/mol. The lowest BCUT2D eigenvalue weighted by Gasteiger charge is -2.14. The second kappa shape index (κ2) is 10.6. The molecule has 0 spiro atoms. The van der Waals surface area contributed by atoms with E-state index in [9.17, 15) is 4.79 Å². The number of nitrogens with one attached hydrogen (secondary N) is 1.